The highest BCUT2D eigenvalue weighted by molar-refractivity contribution is 5.94. The second-order valence-corrected chi connectivity index (χ2v) is 12.5. The van der Waals surface area contributed by atoms with Crippen LogP contribution in [0.25, 0.3) is 11.1 Å². The van der Waals surface area contributed by atoms with Gasteiger partial charge in [0.15, 0.2) is 29.6 Å². The van der Waals surface area contributed by atoms with Crippen molar-refractivity contribution in [3.63, 3.8) is 0 Å². The lowest BCUT2D eigenvalue weighted by Gasteiger charge is -2.38. The largest absolute Gasteiger partial charge is 0.392 e. The molecule has 11 heteroatoms. The molecule has 2 N–H and O–H groups in total. The molecule has 1 aliphatic rings. The number of ether oxygens (including phenoxy) is 2. The normalized spacial score (nSPS) is 17.5. The SMILES string of the molecule is CN(Cc1ccccc1)C[C@@H]1C[C@H](c2ccc(CO)cc2)O[C@H](c2ccc(-c3cccc(CNC(=O)c4c(F)c(F)c(F)c(F)c4F)c3)cc2)O1. The highest BCUT2D eigenvalue weighted by atomic mass is 19.2. The van der Waals surface area contributed by atoms with Crippen LogP contribution in [-0.2, 0) is 29.2 Å². The molecular formula is C40H35F5N2O4. The fraction of sp³-hybridized carbons (Fsp3) is 0.225. The number of nitrogens with one attached hydrogen (secondary N) is 1. The Balaban J connectivity index is 1.16. The fourth-order valence-electron chi connectivity index (χ4n) is 6.11. The van der Waals surface area contributed by atoms with Gasteiger partial charge in [-0.05, 0) is 46.5 Å². The molecule has 51 heavy (non-hydrogen) atoms. The van der Waals surface area contributed by atoms with Gasteiger partial charge in [-0.25, -0.2) is 22.0 Å². The first-order valence-electron chi connectivity index (χ1n) is 16.3. The molecule has 1 saturated heterocycles. The van der Waals surface area contributed by atoms with E-state index in [9.17, 15) is 31.9 Å². The number of aliphatic hydroxyl groups is 1. The minimum atomic E-state index is -2.33. The number of halogens is 5. The Kier molecular flexibility index (Phi) is 11.2. The molecule has 1 amide bonds. The summed E-state index contributed by atoms with van der Waals surface area (Å²) >= 11 is 0. The maximum atomic E-state index is 14.1. The third kappa shape index (κ3) is 8.34. The van der Waals surface area contributed by atoms with Crippen LogP contribution in [0.5, 0.6) is 0 Å². The standard InChI is InChI=1S/C40H35F5N2O4/c1-47(21-24-6-3-2-4-7-24)22-31-19-32(28-12-10-25(23-48)11-13-28)51-40(50-31)29-16-14-27(15-17-29)30-9-5-8-26(18-30)20-46-39(49)33-34(41)36(43)38(45)37(44)35(33)42/h2-18,31-32,40,48H,19-23H2,1H3,(H,46,49)/t31-,32+,40+/m0/s1. The van der Waals surface area contributed by atoms with Crippen molar-refractivity contribution in [1.82, 2.24) is 10.2 Å². The van der Waals surface area contributed by atoms with Crippen molar-refractivity contribution in [2.75, 3.05) is 13.6 Å². The average Bonchev–Trinajstić information content (AvgIpc) is 3.16. The molecule has 3 atom stereocenters. The number of likely N-dealkylation sites (N-methyl/N-ethyl adjacent to an activating group) is 1. The van der Waals surface area contributed by atoms with Crippen LogP contribution in [0.1, 0.15) is 57.0 Å². The van der Waals surface area contributed by atoms with E-state index < -0.39 is 46.8 Å². The van der Waals surface area contributed by atoms with Crippen LogP contribution < -0.4 is 5.32 Å². The molecule has 0 radical (unpaired) electrons. The Labute approximate surface area is 292 Å². The van der Waals surface area contributed by atoms with E-state index in [-0.39, 0.29) is 25.4 Å². The molecule has 0 bridgehead atoms. The molecule has 0 saturated carbocycles. The van der Waals surface area contributed by atoms with Crippen LogP contribution in [-0.4, -0.2) is 35.6 Å². The lowest BCUT2D eigenvalue weighted by molar-refractivity contribution is -0.252. The topological polar surface area (TPSA) is 71.0 Å². The van der Waals surface area contributed by atoms with E-state index in [1.165, 1.54) is 5.56 Å². The number of benzene rings is 5. The lowest BCUT2D eigenvalue weighted by atomic mass is 9.99. The minimum absolute atomic E-state index is 0.0489. The zero-order valence-electron chi connectivity index (χ0n) is 27.6. The van der Waals surface area contributed by atoms with Gasteiger partial charge < -0.3 is 19.9 Å². The summed E-state index contributed by atoms with van der Waals surface area (Å²) in [7, 11) is 2.05. The third-order valence-electron chi connectivity index (χ3n) is 8.76. The molecule has 6 rings (SSSR count). The quantitative estimate of drug-likeness (QED) is 0.0827. The minimum Gasteiger partial charge on any atom is -0.392 e. The zero-order valence-corrected chi connectivity index (χ0v) is 27.6. The van der Waals surface area contributed by atoms with Gasteiger partial charge in [0.05, 0.1) is 18.8 Å². The van der Waals surface area contributed by atoms with E-state index in [0.717, 1.165) is 34.4 Å². The van der Waals surface area contributed by atoms with Gasteiger partial charge in [0.1, 0.15) is 5.56 Å². The van der Waals surface area contributed by atoms with Crippen LogP contribution >= 0.6 is 0 Å². The molecule has 1 heterocycles. The second-order valence-electron chi connectivity index (χ2n) is 12.5. The maximum absolute atomic E-state index is 14.1. The predicted molar refractivity (Wildman–Crippen MR) is 180 cm³/mol. The maximum Gasteiger partial charge on any atom is 0.257 e. The molecule has 0 aliphatic carbocycles. The molecule has 0 spiro atoms. The summed E-state index contributed by atoms with van der Waals surface area (Å²) in [5.74, 6) is -12.5. The summed E-state index contributed by atoms with van der Waals surface area (Å²) in [6, 6.07) is 32.4. The molecule has 0 aromatic heterocycles. The number of carbonyl (C=O) groups is 1. The Morgan fingerprint density at radius 3 is 2.02 bits per heavy atom. The van der Waals surface area contributed by atoms with Crippen molar-refractivity contribution in [2.24, 2.45) is 0 Å². The summed E-state index contributed by atoms with van der Waals surface area (Å²) < 4.78 is 81.9. The van der Waals surface area contributed by atoms with Crippen molar-refractivity contribution in [3.05, 3.63) is 166 Å². The van der Waals surface area contributed by atoms with E-state index in [1.807, 2.05) is 72.8 Å². The molecule has 5 aromatic rings. The molecule has 5 aromatic carbocycles. The number of hydrogen-bond acceptors (Lipinski definition) is 5. The van der Waals surface area contributed by atoms with Gasteiger partial charge in [0, 0.05) is 31.6 Å². The predicted octanol–water partition coefficient (Wildman–Crippen LogP) is 8.15. The van der Waals surface area contributed by atoms with E-state index in [2.05, 4.69) is 29.4 Å². The molecule has 6 nitrogen and oxygen atoms in total. The van der Waals surface area contributed by atoms with E-state index in [4.69, 9.17) is 9.47 Å². The number of nitrogens with zero attached hydrogens (tertiary/aromatic N) is 1. The molecule has 1 aliphatic heterocycles. The van der Waals surface area contributed by atoms with E-state index >= 15 is 0 Å². The smallest absolute Gasteiger partial charge is 0.257 e. The van der Waals surface area contributed by atoms with Crippen LogP contribution in [0, 0.1) is 29.1 Å². The summed E-state index contributed by atoms with van der Waals surface area (Å²) in [5.41, 5.74) is 4.36. The van der Waals surface area contributed by atoms with Crippen LogP contribution in [0.3, 0.4) is 0 Å². The highest BCUT2D eigenvalue weighted by Gasteiger charge is 2.33. The van der Waals surface area contributed by atoms with E-state index in [0.29, 0.717) is 18.5 Å². The summed E-state index contributed by atoms with van der Waals surface area (Å²) in [6.07, 6.45) is -0.409. The Hall–Kier alpha value is -4.94. The summed E-state index contributed by atoms with van der Waals surface area (Å²) in [6.45, 7) is 1.16. The van der Waals surface area contributed by atoms with Gasteiger partial charge in [-0.3, -0.25) is 9.69 Å². The van der Waals surface area contributed by atoms with Gasteiger partial charge in [0.25, 0.3) is 5.91 Å². The zero-order chi connectivity index (χ0) is 36.1. The van der Waals surface area contributed by atoms with Crippen molar-refractivity contribution in [2.45, 2.75) is 44.6 Å². The van der Waals surface area contributed by atoms with Crippen molar-refractivity contribution in [3.8, 4) is 11.1 Å². The Morgan fingerprint density at radius 1 is 0.725 bits per heavy atom. The highest BCUT2D eigenvalue weighted by Crippen LogP contribution is 2.39. The molecule has 1 fully saturated rings. The first-order chi connectivity index (χ1) is 24.6. The number of carbonyl (C=O) groups excluding carboxylic acids is 1. The first-order valence-corrected chi connectivity index (χ1v) is 16.3. The molecule has 0 unspecified atom stereocenters. The fourth-order valence-corrected chi connectivity index (χ4v) is 6.11. The summed E-state index contributed by atoms with van der Waals surface area (Å²) in [4.78, 5) is 14.7. The van der Waals surface area contributed by atoms with Crippen LogP contribution in [0.4, 0.5) is 22.0 Å². The summed E-state index contributed by atoms with van der Waals surface area (Å²) in [5, 5.41) is 11.7. The van der Waals surface area contributed by atoms with Crippen molar-refractivity contribution >= 4 is 5.91 Å². The average molecular weight is 703 g/mol. The van der Waals surface area contributed by atoms with Crippen LogP contribution in [0.15, 0.2) is 103 Å². The van der Waals surface area contributed by atoms with Crippen molar-refractivity contribution in [1.29, 1.82) is 0 Å². The number of amides is 1. The Morgan fingerprint density at radius 2 is 1.35 bits per heavy atom. The van der Waals surface area contributed by atoms with Gasteiger partial charge in [-0.2, -0.15) is 0 Å². The third-order valence-corrected chi connectivity index (χ3v) is 8.76. The molecular weight excluding hydrogens is 667 g/mol. The van der Waals surface area contributed by atoms with Gasteiger partial charge in [0.2, 0.25) is 5.82 Å². The Bertz CT molecular complexity index is 1950. The van der Waals surface area contributed by atoms with Crippen molar-refractivity contribution < 1.29 is 41.3 Å². The number of hydrogen-bond donors (Lipinski definition) is 2. The molecule has 264 valence electrons. The lowest BCUT2D eigenvalue weighted by Crippen LogP contribution is -2.37. The number of aliphatic hydroxyl groups excluding tert-OH is 1. The monoisotopic (exact) mass is 702 g/mol. The first kappa shape index (κ1) is 35.9. The van der Waals surface area contributed by atoms with Crippen LogP contribution in [0.2, 0.25) is 0 Å². The van der Waals surface area contributed by atoms with Gasteiger partial charge >= 0.3 is 0 Å². The number of rotatable bonds is 11. The van der Waals surface area contributed by atoms with E-state index in [1.54, 1.807) is 18.2 Å². The second kappa shape index (κ2) is 15.9. The van der Waals surface area contributed by atoms with Gasteiger partial charge in [-0.1, -0.05) is 97.1 Å². The van der Waals surface area contributed by atoms with Gasteiger partial charge in [-0.15, -0.1) is 0 Å².